The normalized spacial score (nSPS) is 14.4. The van der Waals surface area contributed by atoms with E-state index in [0.717, 1.165) is 23.4 Å². The van der Waals surface area contributed by atoms with Crippen LogP contribution in [0.5, 0.6) is 0 Å². The molecule has 38 heavy (non-hydrogen) atoms. The highest BCUT2D eigenvalue weighted by Crippen LogP contribution is 2.49. The Kier molecular flexibility index (Phi) is 5.56. The van der Waals surface area contributed by atoms with E-state index in [-0.39, 0.29) is 0 Å². The van der Waals surface area contributed by atoms with E-state index in [9.17, 15) is 0 Å². The van der Waals surface area contributed by atoms with Gasteiger partial charge in [0.2, 0.25) is 0 Å². The molecule has 5 aromatic rings. The van der Waals surface area contributed by atoms with Crippen LogP contribution < -0.4 is 4.90 Å². The van der Waals surface area contributed by atoms with E-state index in [4.69, 9.17) is 0 Å². The Morgan fingerprint density at radius 3 is 2.08 bits per heavy atom. The van der Waals surface area contributed by atoms with Gasteiger partial charge in [-0.1, -0.05) is 103 Å². The summed E-state index contributed by atoms with van der Waals surface area (Å²) < 4.78 is 0. The van der Waals surface area contributed by atoms with Crippen LogP contribution in [-0.2, 0) is 0 Å². The molecule has 0 saturated carbocycles. The molecule has 180 valence electrons. The van der Waals surface area contributed by atoms with Crippen LogP contribution in [0.3, 0.4) is 0 Å². The van der Waals surface area contributed by atoms with Crippen molar-refractivity contribution in [3.63, 3.8) is 0 Å². The number of benzene rings is 4. The maximum atomic E-state index is 4.61. The van der Waals surface area contributed by atoms with E-state index in [1.165, 1.54) is 44.8 Å². The predicted octanol–water partition coefficient (Wildman–Crippen LogP) is 9.18. The van der Waals surface area contributed by atoms with Crippen molar-refractivity contribution < 1.29 is 0 Å². The molecular weight excluding hydrogens is 460 g/mol. The fraction of sp³-hybridized carbons (Fsp3) is 0.0278. The molecule has 1 aliphatic heterocycles. The van der Waals surface area contributed by atoms with Crippen LogP contribution in [0.4, 0.5) is 11.4 Å². The largest absolute Gasteiger partial charge is 0.313 e. The van der Waals surface area contributed by atoms with Gasteiger partial charge in [0.1, 0.15) is 0 Å². The van der Waals surface area contributed by atoms with Gasteiger partial charge in [0, 0.05) is 40.7 Å². The minimum atomic E-state index is 0.849. The average Bonchev–Trinajstić information content (AvgIpc) is 3.17. The monoisotopic (exact) mass is 486 g/mol. The Morgan fingerprint density at radius 1 is 0.579 bits per heavy atom. The molecule has 1 aromatic heterocycles. The quantitative estimate of drug-likeness (QED) is 0.252. The molecule has 2 heteroatoms. The number of pyridine rings is 1. The summed E-state index contributed by atoms with van der Waals surface area (Å²) in [4.78, 5) is 7.06. The molecule has 0 radical (unpaired) electrons. The molecular formula is C36H26N2. The summed E-state index contributed by atoms with van der Waals surface area (Å²) in [5, 5.41) is 0. The van der Waals surface area contributed by atoms with Gasteiger partial charge in [0.05, 0.1) is 11.4 Å². The fourth-order valence-electron chi connectivity index (χ4n) is 5.55. The summed E-state index contributed by atoms with van der Waals surface area (Å²) in [6.45, 7) is 0. The first-order valence-electron chi connectivity index (χ1n) is 13.0. The Morgan fingerprint density at radius 2 is 1.29 bits per heavy atom. The fourth-order valence-corrected chi connectivity index (χ4v) is 5.55. The smallest absolute Gasteiger partial charge is 0.0702 e. The topological polar surface area (TPSA) is 16.1 Å². The molecule has 0 N–H and O–H groups in total. The van der Waals surface area contributed by atoms with Gasteiger partial charge in [0.15, 0.2) is 0 Å². The van der Waals surface area contributed by atoms with Gasteiger partial charge in [-0.25, -0.2) is 0 Å². The maximum Gasteiger partial charge on any atom is 0.0702 e. The molecule has 1 aliphatic carbocycles. The molecule has 0 unspecified atom stereocenters. The first-order valence-corrected chi connectivity index (χ1v) is 13.0. The number of hydrogen-bond donors (Lipinski definition) is 0. The van der Waals surface area contributed by atoms with Crippen LogP contribution >= 0.6 is 0 Å². The van der Waals surface area contributed by atoms with Crippen molar-refractivity contribution in [3.05, 3.63) is 168 Å². The van der Waals surface area contributed by atoms with Crippen molar-refractivity contribution in [2.45, 2.75) is 6.42 Å². The Balaban J connectivity index is 1.51. The van der Waals surface area contributed by atoms with E-state index in [0.29, 0.717) is 0 Å². The van der Waals surface area contributed by atoms with E-state index in [1.807, 2.05) is 18.3 Å². The highest BCUT2D eigenvalue weighted by atomic mass is 15.2. The van der Waals surface area contributed by atoms with E-state index < -0.39 is 0 Å². The third kappa shape index (κ3) is 3.97. The summed E-state index contributed by atoms with van der Waals surface area (Å²) in [6, 6.07) is 45.1. The van der Waals surface area contributed by atoms with Crippen LogP contribution in [0, 0.1) is 0 Å². The molecule has 4 aromatic carbocycles. The van der Waals surface area contributed by atoms with Gasteiger partial charge >= 0.3 is 0 Å². The second kappa shape index (κ2) is 9.49. The van der Waals surface area contributed by atoms with Gasteiger partial charge in [-0.2, -0.15) is 0 Å². The molecule has 2 nitrogen and oxygen atoms in total. The number of para-hydroxylation sites is 1. The molecule has 2 aliphatic rings. The molecule has 2 bridgehead atoms. The van der Waals surface area contributed by atoms with Crippen LogP contribution in [0.1, 0.15) is 23.1 Å². The Bertz CT molecular complexity index is 1710. The van der Waals surface area contributed by atoms with Crippen molar-refractivity contribution in [3.8, 4) is 11.3 Å². The highest BCUT2D eigenvalue weighted by molar-refractivity contribution is 6.02. The summed E-state index contributed by atoms with van der Waals surface area (Å²) >= 11 is 0. The molecule has 2 heterocycles. The first kappa shape index (κ1) is 22.3. The maximum absolute atomic E-state index is 4.61. The lowest BCUT2D eigenvalue weighted by Crippen LogP contribution is -2.23. The van der Waals surface area contributed by atoms with E-state index in [1.54, 1.807) is 0 Å². The van der Waals surface area contributed by atoms with Crippen LogP contribution in [0.15, 0.2) is 151 Å². The van der Waals surface area contributed by atoms with Crippen LogP contribution in [0.25, 0.3) is 28.0 Å². The molecule has 0 saturated heterocycles. The van der Waals surface area contributed by atoms with Gasteiger partial charge in [-0.15, -0.1) is 0 Å². The zero-order chi connectivity index (χ0) is 25.3. The van der Waals surface area contributed by atoms with Crippen molar-refractivity contribution in [2.75, 3.05) is 4.90 Å². The summed E-state index contributed by atoms with van der Waals surface area (Å²) in [7, 11) is 0. The number of fused-ring (bicyclic) bond motifs is 4. The third-order valence-electron chi connectivity index (χ3n) is 7.32. The van der Waals surface area contributed by atoms with Crippen molar-refractivity contribution in [1.82, 2.24) is 4.98 Å². The first-order chi connectivity index (χ1) is 18.8. The van der Waals surface area contributed by atoms with Crippen molar-refractivity contribution in [2.24, 2.45) is 0 Å². The van der Waals surface area contributed by atoms with Gasteiger partial charge in [-0.3, -0.25) is 4.98 Å². The summed E-state index contributed by atoms with van der Waals surface area (Å²) in [5.74, 6) is 0. The highest BCUT2D eigenvalue weighted by Gasteiger charge is 2.30. The molecule has 7 rings (SSSR count). The minimum Gasteiger partial charge on any atom is -0.313 e. The van der Waals surface area contributed by atoms with Gasteiger partial charge in [0.25, 0.3) is 0 Å². The number of hydrogen-bond acceptors (Lipinski definition) is 2. The Hall–Kier alpha value is -4.95. The number of aromatic nitrogens is 1. The second-order valence-electron chi connectivity index (χ2n) is 9.66. The molecule has 0 fully saturated rings. The lowest BCUT2D eigenvalue weighted by molar-refractivity contribution is 1.06. The number of allylic oxidation sites excluding steroid dienone is 5. The third-order valence-corrected chi connectivity index (χ3v) is 7.32. The number of nitrogens with zero attached hydrogens (tertiary/aromatic N) is 2. The molecule has 0 amide bonds. The standard InChI is InChI=1S/C36H26N2/c1-3-12-26(13-4-1)29-22-30-25-36(33(24-29)27-14-5-2-6-15-27)38(35-20-8-7-18-32(30)35)31-17-11-16-28(23-31)34-19-9-10-21-37-34/h1-24H,25H2. The van der Waals surface area contributed by atoms with Crippen molar-refractivity contribution in [1.29, 1.82) is 0 Å². The number of anilines is 2. The SMILES string of the molecule is C1=C(c2ccccc2)C=C2CC(=C1c1ccccc1)N(c1cccc(-c3ccccn3)c1)c1ccccc12. The van der Waals surface area contributed by atoms with Crippen LogP contribution in [-0.4, -0.2) is 4.98 Å². The predicted molar refractivity (Wildman–Crippen MR) is 159 cm³/mol. The lowest BCUT2D eigenvalue weighted by atomic mass is 9.90. The van der Waals surface area contributed by atoms with Gasteiger partial charge < -0.3 is 4.90 Å². The Labute approximate surface area is 223 Å². The van der Waals surface area contributed by atoms with Crippen LogP contribution in [0.2, 0.25) is 0 Å². The zero-order valence-corrected chi connectivity index (χ0v) is 21.0. The van der Waals surface area contributed by atoms with Gasteiger partial charge in [-0.05, 0) is 58.7 Å². The van der Waals surface area contributed by atoms with Crippen molar-refractivity contribution >= 4 is 28.1 Å². The summed E-state index contributed by atoms with van der Waals surface area (Å²) in [6.07, 6.45) is 7.45. The molecule has 0 spiro atoms. The average molecular weight is 487 g/mol. The summed E-state index contributed by atoms with van der Waals surface area (Å²) in [5.41, 5.74) is 13.2. The minimum absolute atomic E-state index is 0.849. The van der Waals surface area contributed by atoms with E-state index in [2.05, 4.69) is 137 Å². The lowest BCUT2D eigenvalue weighted by Gasteiger charge is -2.36. The van der Waals surface area contributed by atoms with E-state index >= 15 is 0 Å². The second-order valence-corrected chi connectivity index (χ2v) is 9.66. The zero-order valence-electron chi connectivity index (χ0n) is 21.0. The number of rotatable bonds is 4. The molecule has 0 atom stereocenters.